The molecule has 0 N–H and O–H groups in total. The lowest BCUT2D eigenvalue weighted by atomic mass is 9.49. The van der Waals surface area contributed by atoms with Crippen LogP contribution < -0.4 is 4.90 Å². The molecule has 4 bridgehead atoms. The zero-order valence-corrected chi connectivity index (χ0v) is 34.8. The van der Waals surface area contributed by atoms with Crippen LogP contribution in [0.4, 0.5) is 18.9 Å². The predicted molar refractivity (Wildman–Crippen MR) is 216 cm³/mol. The van der Waals surface area contributed by atoms with Gasteiger partial charge in [-0.3, -0.25) is 14.5 Å². The SMILES string of the molecule is CC1(C)C(=O)N(c2ccc(C#N)c(C(F)(F)F)c2)C(=S)N1Cc1ccc(-n2cc(COCCOCCOCCOCCOC(=O)CC34CC5CC(CC(C5)C3)C4)nn2)cc1. The van der Waals surface area contributed by atoms with Gasteiger partial charge < -0.3 is 28.6 Å². The van der Waals surface area contributed by atoms with Crippen LogP contribution in [0.2, 0.25) is 0 Å². The third-order valence-electron chi connectivity index (χ3n) is 12.1. The van der Waals surface area contributed by atoms with Crippen molar-refractivity contribution in [2.45, 2.75) is 83.7 Å². The van der Waals surface area contributed by atoms with Gasteiger partial charge >= 0.3 is 12.1 Å². The number of thiocarbonyl (C=S) groups is 1. The Balaban J connectivity index is 0.744. The molecule has 4 saturated carbocycles. The number of anilines is 1. The molecule has 2 aromatic carbocycles. The number of carbonyl (C=O) groups excluding carboxylic acids is 2. The van der Waals surface area contributed by atoms with Crippen molar-refractivity contribution >= 4 is 34.9 Å². The molecule has 1 aliphatic heterocycles. The van der Waals surface area contributed by atoms with Gasteiger partial charge in [-0.1, -0.05) is 17.3 Å². The molecule has 0 radical (unpaired) electrons. The second kappa shape index (κ2) is 18.7. The Labute approximate surface area is 353 Å². The zero-order chi connectivity index (χ0) is 42.5. The van der Waals surface area contributed by atoms with Crippen LogP contribution in [-0.2, 0) is 52.6 Å². The van der Waals surface area contributed by atoms with Gasteiger partial charge in [0.1, 0.15) is 17.8 Å². The first-order chi connectivity index (χ1) is 28.7. The molecule has 17 heteroatoms. The first-order valence-electron chi connectivity index (χ1n) is 20.5. The molecular weight excluding hydrogens is 802 g/mol. The van der Waals surface area contributed by atoms with Gasteiger partial charge in [0.2, 0.25) is 0 Å². The smallest absolute Gasteiger partial charge is 0.417 e. The number of alkyl halides is 3. The largest absolute Gasteiger partial charge is 0.463 e. The monoisotopic (exact) mass is 852 g/mol. The van der Waals surface area contributed by atoms with Crippen molar-refractivity contribution in [2.75, 3.05) is 57.8 Å². The van der Waals surface area contributed by atoms with E-state index in [-0.39, 0.29) is 41.9 Å². The maximum absolute atomic E-state index is 13.7. The average Bonchev–Trinajstić information content (AvgIpc) is 3.73. The number of nitriles is 1. The second-order valence-electron chi connectivity index (χ2n) is 16.9. The summed E-state index contributed by atoms with van der Waals surface area (Å²) in [5, 5.41) is 17.6. The number of hydrogen-bond donors (Lipinski definition) is 0. The highest BCUT2D eigenvalue weighted by Gasteiger charge is 2.52. The average molecular weight is 853 g/mol. The van der Waals surface area contributed by atoms with Crippen molar-refractivity contribution in [1.82, 2.24) is 19.9 Å². The van der Waals surface area contributed by atoms with Gasteiger partial charge in [-0.15, -0.1) is 5.10 Å². The summed E-state index contributed by atoms with van der Waals surface area (Å²) in [5.41, 5.74) is -0.524. The molecule has 4 aliphatic carbocycles. The van der Waals surface area contributed by atoms with Gasteiger partial charge in [0, 0.05) is 6.54 Å². The number of aromatic nitrogens is 3. The van der Waals surface area contributed by atoms with Crippen LogP contribution in [-0.4, -0.2) is 95.3 Å². The summed E-state index contributed by atoms with van der Waals surface area (Å²) in [6.45, 7) is 6.80. The molecule has 5 fully saturated rings. The highest BCUT2D eigenvalue weighted by Crippen LogP contribution is 2.61. The zero-order valence-electron chi connectivity index (χ0n) is 34.0. The van der Waals surface area contributed by atoms with Gasteiger partial charge in [-0.2, -0.15) is 18.4 Å². The van der Waals surface area contributed by atoms with Crippen LogP contribution in [0.15, 0.2) is 48.7 Å². The number of carbonyl (C=O) groups is 2. The molecule has 3 aromatic rings. The minimum Gasteiger partial charge on any atom is -0.463 e. The van der Waals surface area contributed by atoms with E-state index in [0.717, 1.165) is 46.0 Å². The lowest BCUT2D eigenvalue weighted by Crippen LogP contribution is -2.47. The van der Waals surface area contributed by atoms with Crippen molar-refractivity contribution in [3.63, 3.8) is 0 Å². The molecule has 322 valence electrons. The first-order valence-corrected chi connectivity index (χ1v) is 20.9. The number of esters is 1. The van der Waals surface area contributed by atoms with Crippen LogP contribution in [0.25, 0.3) is 5.69 Å². The number of hydrogen-bond acceptors (Lipinski definition) is 11. The highest BCUT2D eigenvalue weighted by molar-refractivity contribution is 7.80. The molecule has 8 rings (SSSR count). The predicted octanol–water partition coefficient (Wildman–Crippen LogP) is 6.79. The normalized spacial score (nSPS) is 23.1. The minimum absolute atomic E-state index is 0.0570. The van der Waals surface area contributed by atoms with Crippen LogP contribution >= 0.6 is 12.2 Å². The molecule has 2 heterocycles. The molecule has 0 unspecified atom stereocenters. The van der Waals surface area contributed by atoms with Crippen LogP contribution in [0.1, 0.15) is 81.2 Å². The van der Waals surface area contributed by atoms with E-state index >= 15 is 0 Å². The van der Waals surface area contributed by atoms with E-state index in [2.05, 4.69) is 10.3 Å². The van der Waals surface area contributed by atoms with E-state index in [9.17, 15) is 28.0 Å². The fraction of sp³-hybridized carbons (Fsp3) is 0.581. The molecular formula is C43H51F3N6O7S. The van der Waals surface area contributed by atoms with Gasteiger partial charge in [-0.05, 0) is 124 Å². The Morgan fingerprint density at radius 1 is 0.867 bits per heavy atom. The third kappa shape index (κ3) is 10.2. The molecule has 1 amide bonds. The lowest BCUT2D eigenvalue weighted by Gasteiger charge is -2.56. The Morgan fingerprint density at radius 2 is 1.43 bits per heavy atom. The number of halogens is 3. The van der Waals surface area contributed by atoms with Crippen LogP contribution in [0, 0.1) is 34.5 Å². The third-order valence-corrected chi connectivity index (χ3v) is 12.5. The molecule has 0 atom stereocenters. The summed E-state index contributed by atoms with van der Waals surface area (Å²) in [6, 6.07) is 12.0. The second-order valence-corrected chi connectivity index (χ2v) is 17.3. The van der Waals surface area contributed by atoms with E-state index in [0.29, 0.717) is 58.4 Å². The minimum atomic E-state index is -4.78. The summed E-state index contributed by atoms with van der Waals surface area (Å²) in [4.78, 5) is 28.8. The van der Waals surface area contributed by atoms with Crippen molar-refractivity contribution in [3.05, 3.63) is 71.0 Å². The number of amides is 1. The molecule has 5 aliphatic rings. The van der Waals surface area contributed by atoms with Gasteiger partial charge in [0.15, 0.2) is 5.11 Å². The molecule has 0 spiro atoms. The Bertz CT molecular complexity index is 2020. The summed E-state index contributed by atoms with van der Waals surface area (Å²) in [5.74, 6) is 1.90. The van der Waals surface area contributed by atoms with Gasteiger partial charge in [0.05, 0.1) is 94.0 Å². The molecule has 1 aromatic heterocycles. The maximum atomic E-state index is 13.7. The highest BCUT2D eigenvalue weighted by atomic mass is 32.1. The standard InChI is InChI=1S/C43H51F3N6O7S/c1-41(2)39(54)52(36-8-5-33(25-47)37(20-36)43(44,45)46)40(60)50(41)26-29-3-6-35(7-4-29)51-27-34(48-49-51)28-58-14-13-56-10-9-55-11-12-57-15-16-59-38(53)24-42-21-30-17-31(22-42)19-32(18-30)23-42/h3-8,20,27,30-32H,9-19,21-24,26,28H2,1-2H3. The quantitative estimate of drug-likeness (QED) is 0.0672. The summed E-state index contributed by atoms with van der Waals surface area (Å²) < 4.78 is 70.5. The van der Waals surface area contributed by atoms with E-state index in [4.69, 9.17) is 35.9 Å². The summed E-state index contributed by atoms with van der Waals surface area (Å²) in [6.07, 6.45) is 5.23. The summed E-state index contributed by atoms with van der Waals surface area (Å²) >= 11 is 5.62. The molecule has 1 saturated heterocycles. The topological polar surface area (TPSA) is 141 Å². The van der Waals surface area contributed by atoms with E-state index in [1.54, 1.807) is 35.7 Å². The Hall–Kier alpha value is -4.47. The van der Waals surface area contributed by atoms with E-state index in [1.807, 2.05) is 24.3 Å². The molecule has 60 heavy (non-hydrogen) atoms. The van der Waals surface area contributed by atoms with Gasteiger partial charge in [-0.25, -0.2) is 4.68 Å². The fourth-order valence-corrected chi connectivity index (χ4v) is 10.2. The van der Waals surface area contributed by atoms with Crippen LogP contribution in [0.3, 0.4) is 0 Å². The number of ether oxygens (including phenoxy) is 5. The van der Waals surface area contributed by atoms with E-state index in [1.165, 1.54) is 44.6 Å². The maximum Gasteiger partial charge on any atom is 0.417 e. The first kappa shape index (κ1) is 43.6. The Morgan fingerprint density at radius 3 is 2.02 bits per heavy atom. The van der Waals surface area contributed by atoms with Crippen molar-refractivity contribution in [3.8, 4) is 11.8 Å². The van der Waals surface area contributed by atoms with Crippen molar-refractivity contribution in [1.29, 1.82) is 5.26 Å². The number of nitrogens with zero attached hydrogens (tertiary/aromatic N) is 6. The number of benzene rings is 2. The summed E-state index contributed by atoms with van der Waals surface area (Å²) in [7, 11) is 0. The van der Waals surface area contributed by atoms with E-state index < -0.39 is 28.7 Å². The van der Waals surface area contributed by atoms with Crippen molar-refractivity contribution < 1.29 is 46.4 Å². The lowest BCUT2D eigenvalue weighted by molar-refractivity contribution is -0.153. The van der Waals surface area contributed by atoms with Gasteiger partial charge in [0.25, 0.3) is 5.91 Å². The molecule has 13 nitrogen and oxygen atoms in total. The van der Waals surface area contributed by atoms with Crippen LogP contribution in [0.5, 0.6) is 0 Å². The fourth-order valence-electron chi connectivity index (χ4n) is 9.67. The van der Waals surface area contributed by atoms with Crippen molar-refractivity contribution in [2.24, 2.45) is 23.2 Å². The number of rotatable bonds is 20. The Kier molecular flexibility index (Phi) is 13.6.